The van der Waals surface area contributed by atoms with Crippen LogP contribution in [0.25, 0.3) is 0 Å². The highest BCUT2D eigenvalue weighted by Crippen LogP contribution is 2.20. The predicted molar refractivity (Wildman–Crippen MR) is 59.3 cm³/mol. The third-order valence-corrected chi connectivity index (χ3v) is 2.35. The quantitative estimate of drug-likeness (QED) is 0.800. The average molecular weight is 262 g/mol. The summed E-state index contributed by atoms with van der Waals surface area (Å²) in [6.45, 7) is 3.53. The molecule has 3 nitrogen and oxygen atoms in total. The molecule has 4 heteroatoms. The number of halogens is 1. The van der Waals surface area contributed by atoms with Crippen molar-refractivity contribution in [2.24, 2.45) is 0 Å². The molecule has 1 N–H and O–H groups in total. The summed E-state index contributed by atoms with van der Waals surface area (Å²) < 4.78 is 11.7. The van der Waals surface area contributed by atoms with Crippen molar-refractivity contribution in [3.05, 3.63) is 22.6 Å². The zero-order valence-electron chi connectivity index (χ0n) is 8.55. The molecule has 1 rings (SSSR count). The second-order valence-corrected chi connectivity index (χ2v) is 3.84. The van der Waals surface area contributed by atoms with Crippen LogP contribution in [0.2, 0.25) is 0 Å². The summed E-state index contributed by atoms with van der Waals surface area (Å²) in [4.78, 5) is 0. The van der Waals surface area contributed by atoms with E-state index in [1.54, 1.807) is 0 Å². The first-order valence-corrected chi connectivity index (χ1v) is 5.57. The van der Waals surface area contributed by atoms with Crippen LogP contribution in [0.1, 0.15) is 25.1 Å². The fraction of sp³-hybridized carbons (Fsp3) is 0.600. The van der Waals surface area contributed by atoms with Crippen LogP contribution >= 0.6 is 15.9 Å². The first-order valence-electron chi connectivity index (χ1n) is 4.78. The SMILES string of the molecule is CCCOCC(NC)c1ccc(Br)o1. The summed E-state index contributed by atoms with van der Waals surface area (Å²) >= 11 is 3.28. The topological polar surface area (TPSA) is 34.4 Å². The fourth-order valence-electron chi connectivity index (χ4n) is 1.17. The van der Waals surface area contributed by atoms with Gasteiger partial charge in [-0.1, -0.05) is 6.92 Å². The third kappa shape index (κ3) is 3.44. The highest BCUT2D eigenvalue weighted by Gasteiger charge is 2.12. The Morgan fingerprint density at radius 3 is 2.86 bits per heavy atom. The lowest BCUT2D eigenvalue weighted by Crippen LogP contribution is -2.21. The van der Waals surface area contributed by atoms with Gasteiger partial charge in [0.2, 0.25) is 0 Å². The van der Waals surface area contributed by atoms with Crippen molar-refractivity contribution in [2.75, 3.05) is 20.3 Å². The summed E-state index contributed by atoms with van der Waals surface area (Å²) in [6, 6.07) is 3.97. The maximum absolute atomic E-state index is 5.46. The Labute approximate surface area is 92.9 Å². The lowest BCUT2D eigenvalue weighted by molar-refractivity contribution is 0.107. The molecule has 1 aromatic rings. The van der Waals surface area contributed by atoms with E-state index in [1.165, 1.54) is 0 Å². The Morgan fingerprint density at radius 1 is 1.57 bits per heavy atom. The first-order chi connectivity index (χ1) is 6.77. The van der Waals surface area contributed by atoms with Crippen molar-refractivity contribution in [3.63, 3.8) is 0 Å². The lowest BCUT2D eigenvalue weighted by atomic mass is 10.2. The van der Waals surface area contributed by atoms with Crippen LogP contribution in [0.4, 0.5) is 0 Å². The van der Waals surface area contributed by atoms with Gasteiger partial charge in [0.05, 0.1) is 12.6 Å². The number of nitrogens with one attached hydrogen (secondary N) is 1. The molecule has 0 aliphatic rings. The zero-order valence-corrected chi connectivity index (χ0v) is 10.1. The molecule has 0 radical (unpaired) electrons. The Kier molecular flexibility index (Phi) is 5.22. The second kappa shape index (κ2) is 6.22. The molecule has 0 aromatic carbocycles. The van der Waals surface area contributed by atoms with Crippen molar-refractivity contribution >= 4 is 15.9 Å². The van der Waals surface area contributed by atoms with Crippen molar-refractivity contribution in [1.29, 1.82) is 0 Å². The van der Waals surface area contributed by atoms with Gasteiger partial charge in [0.25, 0.3) is 0 Å². The summed E-state index contributed by atoms with van der Waals surface area (Å²) in [6.07, 6.45) is 1.04. The highest BCUT2D eigenvalue weighted by molar-refractivity contribution is 9.10. The minimum Gasteiger partial charge on any atom is -0.453 e. The third-order valence-electron chi connectivity index (χ3n) is 1.92. The van der Waals surface area contributed by atoms with Crippen LogP contribution in [0.15, 0.2) is 21.2 Å². The lowest BCUT2D eigenvalue weighted by Gasteiger charge is -2.13. The summed E-state index contributed by atoms with van der Waals surface area (Å²) in [5.74, 6) is 0.899. The van der Waals surface area contributed by atoms with Gasteiger partial charge in [0.1, 0.15) is 5.76 Å². The smallest absolute Gasteiger partial charge is 0.169 e. The number of hydrogen-bond acceptors (Lipinski definition) is 3. The molecular weight excluding hydrogens is 246 g/mol. The first kappa shape index (κ1) is 11.8. The molecule has 1 atom stereocenters. The van der Waals surface area contributed by atoms with Gasteiger partial charge in [-0.25, -0.2) is 0 Å². The van der Waals surface area contributed by atoms with E-state index < -0.39 is 0 Å². The molecule has 0 aliphatic heterocycles. The molecule has 1 heterocycles. The Balaban J connectivity index is 2.45. The zero-order chi connectivity index (χ0) is 10.4. The Morgan fingerprint density at radius 2 is 2.36 bits per heavy atom. The maximum atomic E-state index is 5.46. The van der Waals surface area contributed by atoms with Crippen molar-refractivity contribution in [2.45, 2.75) is 19.4 Å². The second-order valence-electron chi connectivity index (χ2n) is 3.06. The largest absolute Gasteiger partial charge is 0.453 e. The number of rotatable bonds is 6. The van der Waals surface area contributed by atoms with Gasteiger partial charge in [-0.15, -0.1) is 0 Å². The number of hydrogen-bond donors (Lipinski definition) is 1. The van der Waals surface area contributed by atoms with Gasteiger partial charge in [-0.05, 0) is 41.5 Å². The average Bonchev–Trinajstić information content (AvgIpc) is 2.60. The molecule has 0 fully saturated rings. The molecular formula is C10H16BrNO2. The summed E-state index contributed by atoms with van der Waals surface area (Å²) in [5, 5.41) is 3.15. The maximum Gasteiger partial charge on any atom is 0.169 e. The molecule has 0 spiro atoms. The van der Waals surface area contributed by atoms with E-state index in [0.717, 1.165) is 23.5 Å². The van der Waals surface area contributed by atoms with Crippen LogP contribution in [0, 0.1) is 0 Å². The van der Waals surface area contributed by atoms with Crippen LogP contribution in [0.5, 0.6) is 0 Å². The molecule has 0 aliphatic carbocycles. The van der Waals surface area contributed by atoms with Gasteiger partial charge < -0.3 is 14.5 Å². The van der Waals surface area contributed by atoms with Crippen LogP contribution in [-0.4, -0.2) is 20.3 Å². The van der Waals surface area contributed by atoms with Crippen molar-refractivity contribution in [1.82, 2.24) is 5.32 Å². The van der Waals surface area contributed by atoms with Crippen LogP contribution in [-0.2, 0) is 4.74 Å². The van der Waals surface area contributed by atoms with E-state index in [4.69, 9.17) is 9.15 Å². The minimum atomic E-state index is 0.132. The number of likely N-dealkylation sites (N-methyl/N-ethyl adjacent to an activating group) is 1. The van der Waals surface area contributed by atoms with E-state index >= 15 is 0 Å². The van der Waals surface area contributed by atoms with Gasteiger partial charge >= 0.3 is 0 Å². The molecule has 1 unspecified atom stereocenters. The predicted octanol–water partition coefficient (Wildman–Crippen LogP) is 2.73. The molecule has 0 bridgehead atoms. The summed E-state index contributed by atoms with van der Waals surface area (Å²) in [5.41, 5.74) is 0. The Hall–Kier alpha value is -0.320. The normalized spacial score (nSPS) is 13.1. The minimum absolute atomic E-state index is 0.132. The molecule has 0 amide bonds. The van der Waals surface area contributed by atoms with Gasteiger partial charge in [0.15, 0.2) is 4.67 Å². The van der Waals surface area contributed by atoms with E-state index in [9.17, 15) is 0 Å². The van der Waals surface area contributed by atoms with Crippen molar-refractivity contribution < 1.29 is 9.15 Å². The van der Waals surface area contributed by atoms with E-state index in [1.807, 2.05) is 19.2 Å². The van der Waals surface area contributed by atoms with E-state index in [2.05, 4.69) is 28.2 Å². The van der Waals surface area contributed by atoms with Gasteiger partial charge in [0, 0.05) is 6.61 Å². The number of ether oxygens (including phenoxy) is 1. The summed E-state index contributed by atoms with van der Waals surface area (Å²) in [7, 11) is 1.90. The highest BCUT2D eigenvalue weighted by atomic mass is 79.9. The van der Waals surface area contributed by atoms with Crippen LogP contribution < -0.4 is 5.32 Å². The molecule has 14 heavy (non-hydrogen) atoms. The van der Waals surface area contributed by atoms with Crippen molar-refractivity contribution in [3.8, 4) is 0 Å². The Bertz CT molecular complexity index is 262. The molecule has 0 saturated carbocycles. The standard InChI is InChI=1S/C10H16BrNO2/c1-3-6-13-7-8(12-2)9-4-5-10(11)14-9/h4-5,8,12H,3,6-7H2,1-2H3. The fourth-order valence-corrected chi connectivity index (χ4v) is 1.49. The van der Waals surface area contributed by atoms with Gasteiger partial charge in [-0.3, -0.25) is 0 Å². The van der Waals surface area contributed by atoms with E-state index in [-0.39, 0.29) is 6.04 Å². The monoisotopic (exact) mass is 261 g/mol. The molecule has 1 aromatic heterocycles. The van der Waals surface area contributed by atoms with E-state index in [0.29, 0.717) is 6.61 Å². The van der Waals surface area contributed by atoms with Crippen LogP contribution in [0.3, 0.4) is 0 Å². The van der Waals surface area contributed by atoms with Gasteiger partial charge in [-0.2, -0.15) is 0 Å². The number of furan rings is 1. The molecule has 80 valence electrons. The molecule has 0 saturated heterocycles.